The highest BCUT2D eigenvalue weighted by molar-refractivity contribution is 6.23. The van der Waals surface area contributed by atoms with Crippen molar-refractivity contribution in [1.82, 2.24) is 0 Å². The van der Waals surface area contributed by atoms with Crippen molar-refractivity contribution in [3.8, 4) is 0 Å². The minimum Gasteiger partial charge on any atom is -0.489 e. The highest BCUT2D eigenvalue weighted by Gasteiger charge is 2.34. The van der Waals surface area contributed by atoms with Gasteiger partial charge in [0.1, 0.15) is 0 Å². The predicted molar refractivity (Wildman–Crippen MR) is 139 cm³/mol. The Morgan fingerprint density at radius 1 is 0.743 bits per heavy atom. The fourth-order valence-electron chi connectivity index (χ4n) is 3.72. The summed E-state index contributed by atoms with van der Waals surface area (Å²) in [6.07, 6.45) is 14.0. The molecule has 6 heteroatoms. The van der Waals surface area contributed by atoms with Crippen molar-refractivity contribution >= 4 is 17.5 Å². The Morgan fingerprint density at radius 2 is 1.17 bits per heavy atom. The first-order valence-electron chi connectivity index (χ1n) is 12.0. The number of rotatable bonds is 14. The van der Waals surface area contributed by atoms with E-state index in [0.29, 0.717) is 23.1 Å². The van der Waals surface area contributed by atoms with E-state index in [9.17, 15) is 14.4 Å². The van der Waals surface area contributed by atoms with Gasteiger partial charge < -0.3 is 14.6 Å². The number of hydrogen-bond acceptors (Lipinski definition) is 5. The van der Waals surface area contributed by atoms with E-state index >= 15 is 0 Å². The molecule has 1 aliphatic rings. The zero-order valence-corrected chi connectivity index (χ0v) is 22.2. The van der Waals surface area contributed by atoms with Gasteiger partial charge in [-0.25, -0.2) is 4.79 Å². The minimum atomic E-state index is -0.861. The number of methoxy groups -OCH3 is 2. The molecule has 0 bridgehead atoms. The molecule has 192 valence electrons. The van der Waals surface area contributed by atoms with Crippen molar-refractivity contribution in [3.05, 3.63) is 69.3 Å². The molecular weight excluding hydrogens is 444 g/mol. The van der Waals surface area contributed by atoms with Gasteiger partial charge in [0.25, 0.3) is 0 Å². The molecule has 0 saturated heterocycles. The quantitative estimate of drug-likeness (QED) is 0.171. The second kappa shape index (κ2) is 15.0. The molecule has 0 saturated carbocycles. The van der Waals surface area contributed by atoms with E-state index in [1.165, 1.54) is 25.4 Å². The van der Waals surface area contributed by atoms with Crippen LogP contribution in [-0.4, -0.2) is 36.9 Å². The number of aliphatic carboxylic acids is 1. The van der Waals surface area contributed by atoms with Crippen LogP contribution in [0.15, 0.2) is 69.3 Å². The number of carboxylic acids is 1. The topological polar surface area (TPSA) is 89.9 Å². The molecule has 6 nitrogen and oxygen atoms in total. The Balaban J connectivity index is 2.54. The van der Waals surface area contributed by atoms with Gasteiger partial charge in [0, 0.05) is 16.7 Å². The van der Waals surface area contributed by atoms with Crippen LogP contribution in [0.1, 0.15) is 79.6 Å². The van der Waals surface area contributed by atoms with Gasteiger partial charge in [-0.15, -0.1) is 0 Å². The summed E-state index contributed by atoms with van der Waals surface area (Å²) in [5.41, 5.74) is 5.02. The van der Waals surface area contributed by atoms with Gasteiger partial charge in [-0.2, -0.15) is 0 Å². The first kappa shape index (κ1) is 29.9. The van der Waals surface area contributed by atoms with Crippen LogP contribution in [0.4, 0.5) is 0 Å². The number of ketones is 2. The molecule has 1 aliphatic carbocycles. The zero-order valence-electron chi connectivity index (χ0n) is 22.2. The maximum Gasteiger partial charge on any atom is 0.330 e. The van der Waals surface area contributed by atoms with Crippen molar-refractivity contribution in [1.29, 1.82) is 0 Å². The molecule has 0 atom stereocenters. The summed E-state index contributed by atoms with van der Waals surface area (Å²) in [4.78, 5) is 36.0. The van der Waals surface area contributed by atoms with E-state index in [2.05, 4.69) is 26.0 Å². The summed E-state index contributed by atoms with van der Waals surface area (Å²) in [6, 6.07) is 0. The van der Waals surface area contributed by atoms with Gasteiger partial charge in [0.2, 0.25) is 23.1 Å². The van der Waals surface area contributed by atoms with Gasteiger partial charge in [-0.3, -0.25) is 9.59 Å². The number of ether oxygens (including phenoxy) is 2. The van der Waals surface area contributed by atoms with Crippen LogP contribution < -0.4 is 0 Å². The number of carboxylic acid groups (broad SMARTS) is 1. The van der Waals surface area contributed by atoms with Crippen molar-refractivity contribution in [2.24, 2.45) is 0 Å². The number of allylic oxidation sites excluding steroid dienone is 9. The molecule has 0 aromatic rings. The second-order valence-electron chi connectivity index (χ2n) is 8.99. The van der Waals surface area contributed by atoms with E-state index in [1.807, 2.05) is 13.0 Å². The lowest BCUT2D eigenvalue weighted by Gasteiger charge is -2.19. The maximum absolute atomic E-state index is 12.7. The summed E-state index contributed by atoms with van der Waals surface area (Å²) in [5, 5.41) is 8.88. The van der Waals surface area contributed by atoms with E-state index in [1.54, 1.807) is 19.9 Å². The van der Waals surface area contributed by atoms with E-state index < -0.39 is 5.97 Å². The van der Waals surface area contributed by atoms with E-state index in [0.717, 1.165) is 44.1 Å². The third kappa shape index (κ3) is 9.55. The first-order chi connectivity index (χ1) is 16.5. The molecule has 0 amide bonds. The molecule has 0 aromatic heterocycles. The Labute approximate surface area is 209 Å². The fourth-order valence-corrected chi connectivity index (χ4v) is 3.72. The van der Waals surface area contributed by atoms with Crippen LogP contribution in [0.3, 0.4) is 0 Å². The Kier molecular flexibility index (Phi) is 12.8. The number of hydrogen-bond donors (Lipinski definition) is 1. The molecule has 0 aliphatic heterocycles. The lowest BCUT2D eigenvalue weighted by Crippen LogP contribution is -2.24. The number of Topliss-reactive ketones (excluding diaryl/α,β-unsaturated/α-hetero) is 2. The zero-order chi connectivity index (χ0) is 26.5. The van der Waals surface area contributed by atoms with Crippen LogP contribution in [0.5, 0.6) is 0 Å². The van der Waals surface area contributed by atoms with Gasteiger partial charge in [0.05, 0.1) is 14.2 Å². The maximum atomic E-state index is 12.7. The van der Waals surface area contributed by atoms with Gasteiger partial charge in [0.15, 0.2) is 0 Å². The normalized spacial score (nSPS) is 16.3. The van der Waals surface area contributed by atoms with Gasteiger partial charge in [-0.1, -0.05) is 41.0 Å². The Bertz CT molecular complexity index is 998. The van der Waals surface area contributed by atoms with Crippen molar-refractivity contribution in [2.75, 3.05) is 14.2 Å². The molecule has 35 heavy (non-hydrogen) atoms. The van der Waals surface area contributed by atoms with Crippen LogP contribution in [0.2, 0.25) is 0 Å². The molecule has 0 radical (unpaired) electrons. The first-order valence-corrected chi connectivity index (χ1v) is 12.0. The standard InChI is InChI=1S/C29H40O6/c1-19(11-8-12-20(2)15-10-16-22(4)29(32)33)13-9-14-21(3)17-18-24-23(5)25(30)27(34-6)28(35-7)26(24)31/h12-13,16-17H,8-11,14-15,18H2,1-7H3,(H,32,33)/b19-13+,20-12+,21-17+,22-16-. The lowest BCUT2D eigenvalue weighted by molar-refractivity contribution is -0.132. The molecule has 0 heterocycles. The monoisotopic (exact) mass is 484 g/mol. The Morgan fingerprint density at radius 3 is 1.63 bits per heavy atom. The van der Waals surface area contributed by atoms with Gasteiger partial charge in [-0.05, 0) is 79.6 Å². The molecule has 1 N–H and O–H groups in total. The SMILES string of the molecule is COC1=C(OC)C(=O)C(C/C=C(\C)CC/C=C(\C)CC/C=C(\C)CC/C=C(/C)C(=O)O)=C(C)C1=O. The number of carbonyl (C=O) groups excluding carboxylic acids is 2. The largest absolute Gasteiger partial charge is 0.489 e. The van der Waals surface area contributed by atoms with Crippen molar-refractivity contribution < 1.29 is 29.0 Å². The van der Waals surface area contributed by atoms with Crippen LogP contribution in [-0.2, 0) is 23.9 Å². The molecule has 1 rings (SSSR count). The summed E-state index contributed by atoms with van der Waals surface area (Å²) >= 11 is 0. The van der Waals surface area contributed by atoms with E-state index in [4.69, 9.17) is 14.6 Å². The van der Waals surface area contributed by atoms with Gasteiger partial charge >= 0.3 is 5.97 Å². The third-order valence-electron chi connectivity index (χ3n) is 6.14. The average molecular weight is 485 g/mol. The van der Waals surface area contributed by atoms with Crippen LogP contribution in [0.25, 0.3) is 0 Å². The Hall–Kier alpha value is -3.15. The summed E-state index contributed by atoms with van der Waals surface area (Å²) in [7, 11) is 2.73. The number of carbonyl (C=O) groups is 3. The summed E-state index contributed by atoms with van der Waals surface area (Å²) in [6.45, 7) is 9.52. The highest BCUT2D eigenvalue weighted by Crippen LogP contribution is 2.28. The fraction of sp³-hybridized carbons (Fsp3) is 0.483. The van der Waals surface area contributed by atoms with E-state index in [-0.39, 0.29) is 23.1 Å². The van der Waals surface area contributed by atoms with Crippen molar-refractivity contribution in [2.45, 2.75) is 79.6 Å². The molecule has 0 spiro atoms. The second-order valence-corrected chi connectivity index (χ2v) is 8.99. The summed E-state index contributed by atoms with van der Waals surface area (Å²) in [5.74, 6) is -1.52. The highest BCUT2D eigenvalue weighted by atomic mass is 16.5. The molecule has 0 fully saturated rings. The molecule has 0 unspecified atom stereocenters. The van der Waals surface area contributed by atoms with Crippen LogP contribution in [0, 0.1) is 0 Å². The lowest BCUT2D eigenvalue weighted by atomic mass is 9.90. The summed E-state index contributed by atoms with van der Waals surface area (Å²) < 4.78 is 10.2. The minimum absolute atomic E-state index is 0.0289. The smallest absolute Gasteiger partial charge is 0.330 e. The van der Waals surface area contributed by atoms with Crippen molar-refractivity contribution in [3.63, 3.8) is 0 Å². The molecular formula is C29H40O6. The average Bonchev–Trinajstić information content (AvgIpc) is 2.80. The van der Waals surface area contributed by atoms with Crippen LogP contribution >= 0.6 is 0 Å². The predicted octanol–water partition coefficient (Wildman–Crippen LogP) is 6.56. The molecule has 0 aromatic carbocycles. The third-order valence-corrected chi connectivity index (χ3v) is 6.14.